The molecule has 0 spiro atoms. The third-order valence-corrected chi connectivity index (χ3v) is 4.64. The zero-order valence-corrected chi connectivity index (χ0v) is 16.0. The maximum Gasteiger partial charge on any atom is 0.328 e. The lowest BCUT2D eigenvalue weighted by atomic mass is 9.88. The van der Waals surface area contributed by atoms with Gasteiger partial charge in [0.1, 0.15) is 11.5 Å². The van der Waals surface area contributed by atoms with Crippen LogP contribution in [0.4, 0.5) is 0 Å². The number of aliphatic carboxylic acids is 1. The second kappa shape index (κ2) is 8.93. The molecule has 0 aliphatic carbocycles. The molecule has 0 aromatic heterocycles. The Hall–Kier alpha value is -3.79. The number of hydrogen-bond donors (Lipinski definition) is 3. The van der Waals surface area contributed by atoms with E-state index in [1.807, 2.05) is 48.5 Å². The first kappa shape index (κ1) is 20.0. The van der Waals surface area contributed by atoms with Crippen LogP contribution in [0.1, 0.15) is 35.6 Å². The third-order valence-electron chi connectivity index (χ3n) is 4.64. The average Bonchev–Trinajstić information content (AvgIpc) is 2.73. The van der Waals surface area contributed by atoms with Crippen LogP contribution in [0.5, 0.6) is 11.5 Å². The smallest absolute Gasteiger partial charge is 0.328 e. The summed E-state index contributed by atoms with van der Waals surface area (Å²) in [6, 6.07) is 21.8. The molecule has 0 heterocycles. The minimum atomic E-state index is -0.981. The van der Waals surface area contributed by atoms with Crippen LogP contribution in [-0.4, -0.2) is 21.3 Å². The number of carbonyl (C=O) groups is 1. The quantitative estimate of drug-likeness (QED) is 0.383. The predicted octanol–water partition coefficient (Wildman–Crippen LogP) is 5.56. The van der Waals surface area contributed by atoms with Crippen molar-refractivity contribution >= 4 is 23.2 Å². The molecule has 0 atom stereocenters. The average molecular weight is 386 g/mol. The Bertz CT molecular complexity index is 994. The Balaban J connectivity index is 2.14. The zero-order valence-electron chi connectivity index (χ0n) is 16.0. The molecule has 0 bridgehead atoms. The molecule has 3 aromatic rings. The first-order chi connectivity index (χ1) is 14.0. The largest absolute Gasteiger partial charge is 0.508 e. The first-order valence-corrected chi connectivity index (χ1v) is 9.31. The van der Waals surface area contributed by atoms with Crippen molar-refractivity contribution in [1.82, 2.24) is 0 Å². The number of hydrogen-bond acceptors (Lipinski definition) is 3. The molecule has 0 radical (unpaired) electrons. The highest BCUT2D eigenvalue weighted by Crippen LogP contribution is 2.35. The fourth-order valence-corrected chi connectivity index (χ4v) is 3.26. The normalized spacial score (nSPS) is 10.8. The fourth-order valence-electron chi connectivity index (χ4n) is 3.26. The Morgan fingerprint density at radius 2 is 1.21 bits per heavy atom. The van der Waals surface area contributed by atoms with Crippen molar-refractivity contribution in [3.63, 3.8) is 0 Å². The van der Waals surface area contributed by atoms with E-state index in [2.05, 4.69) is 6.92 Å². The maximum atomic E-state index is 10.7. The van der Waals surface area contributed by atoms with E-state index in [4.69, 9.17) is 5.11 Å². The van der Waals surface area contributed by atoms with Crippen LogP contribution in [0.3, 0.4) is 0 Å². The predicted molar refractivity (Wildman–Crippen MR) is 116 cm³/mol. The van der Waals surface area contributed by atoms with Crippen molar-refractivity contribution in [3.05, 3.63) is 101 Å². The Kier molecular flexibility index (Phi) is 6.15. The molecular weight excluding hydrogens is 364 g/mol. The van der Waals surface area contributed by atoms with Crippen molar-refractivity contribution in [3.8, 4) is 11.5 Å². The molecule has 0 unspecified atom stereocenters. The van der Waals surface area contributed by atoms with Gasteiger partial charge in [-0.15, -0.1) is 0 Å². The Morgan fingerprint density at radius 1 is 0.759 bits per heavy atom. The number of phenolic OH excluding ortho intramolecular Hbond substituents is 2. The van der Waals surface area contributed by atoms with Gasteiger partial charge in [-0.05, 0) is 70.2 Å². The van der Waals surface area contributed by atoms with Crippen LogP contribution < -0.4 is 0 Å². The SMILES string of the molecule is CCC(=C(c1ccc(O)cc1)c1ccc(O)cc1)c1ccc(/C=C/C(=O)O)cc1. The summed E-state index contributed by atoms with van der Waals surface area (Å²) < 4.78 is 0. The highest BCUT2D eigenvalue weighted by atomic mass is 16.4. The summed E-state index contributed by atoms with van der Waals surface area (Å²) in [5, 5.41) is 28.2. The summed E-state index contributed by atoms with van der Waals surface area (Å²) in [5.74, 6) is -0.581. The lowest BCUT2D eigenvalue weighted by Crippen LogP contribution is -1.95. The number of allylic oxidation sites excluding steroid dienone is 1. The van der Waals surface area contributed by atoms with E-state index in [1.165, 1.54) is 0 Å². The molecule has 0 aliphatic heterocycles. The van der Waals surface area contributed by atoms with Crippen molar-refractivity contribution in [2.75, 3.05) is 0 Å². The highest BCUT2D eigenvalue weighted by Gasteiger charge is 2.13. The van der Waals surface area contributed by atoms with E-state index < -0.39 is 5.97 Å². The molecule has 3 rings (SSSR count). The van der Waals surface area contributed by atoms with Gasteiger partial charge in [-0.3, -0.25) is 0 Å². The number of carboxylic acids is 1. The summed E-state index contributed by atoms with van der Waals surface area (Å²) in [5.41, 5.74) is 5.87. The first-order valence-electron chi connectivity index (χ1n) is 9.31. The molecule has 4 heteroatoms. The molecule has 3 aromatic carbocycles. The van der Waals surface area contributed by atoms with E-state index in [0.717, 1.165) is 45.9 Å². The molecular formula is C25H22O4. The Labute approximate surface area is 169 Å². The third kappa shape index (κ3) is 4.93. The molecule has 0 fully saturated rings. The molecule has 3 N–H and O–H groups in total. The standard InChI is InChI=1S/C25H22O4/c1-2-23(18-6-3-17(4-7-18)5-16-24(28)29)25(19-8-12-21(26)13-9-19)20-10-14-22(27)15-11-20/h3-16,26-27H,2H2,1H3,(H,28,29)/b16-5+. The summed E-state index contributed by atoms with van der Waals surface area (Å²) in [6.07, 6.45) is 3.44. The number of benzene rings is 3. The van der Waals surface area contributed by atoms with Gasteiger partial charge >= 0.3 is 5.97 Å². The van der Waals surface area contributed by atoms with E-state index in [9.17, 15) is 15.0 Å². The van der Waals surface area contributed by atoms with Crippen LogP contribution in [0.15, 0.2) is 78.9 Å². The summed E-state index contributed by atoms with van der Waals surface area (Å²) in [4.78, 5) is 10.7. The van der Waals surface area contributed by atoms with Gasteiger partial charge in [0, 0.05) is 6.08 Å². The number of phenols is 2. The van der Waals surface area contributed by atoms with Gasteiger partial charge in [0.2, 0.25) is 0 Å². The summed E-state index contributed by atoms with van der Waals surface area (Å²) >= 11 is 0. The number of rotatable bonds is 6. The Morgan fingerprint density at radius 3 is 1.62 bits per heavy atom. The zero-order chi connectivity index (χ0) is 20.8. The molecule has 0 amide bonds. The van der Waals surface area contributed by atoms with Gasteiger partial charge < -0.3 is 15.3 Å². The van der Waals surface area contributed by atoms with Crippen LogP contribution >= 0.6 is 0 Å². The van der Waals surface area contributed by atoms with Gasteiger partial charge in [-0.25, -0.2) is 4.79 Å². The van der Waals surface area contributed by atoms with Crippen molar-refractivity contribution < 1.29 is 20.1 Å². The van der Waals surface area contributed by atoms with Crippen molar-refractivity contribution in [1.29, 1.82) is 0 Å². The van der Waals surface area contributed by atoms with Gasteiger partial charge in [-0.2, -0.15) is 0 Å². The number of carboxylic acid groups (broad SMARTS) is 1. The summed E-state index contributed by atoms with van der Waals surface area (Å²) in [6.45, 7) is 2.08. The van der Waals surface area contributed by atoms with Crippen LogP contribution in [-0.2, 0) is 4.79 Å². The minimum absolute atomic E-state index is 0.200. The molecule has 0 aliphatic rings. The molecule has 4 nitrogen and oxygen atoms in total. The van der Waals surface area contributed by atoms with Gasteiger partial charge in [0.05, 0.1) is 0 Å². The molecule has 146 valence electrons. The fraction of sp³-hybridized carbons (Fsp3) is 0.0800. The van der Waals surface area contributed by atoms with Gasteiger partial charge in [0.25, 0.3) is 0 Å². The molecule has 29 heavy (non-hydrogen) atoms. The van der Waals surface area contributed by atoms with Gasteiger partial charge in [-0.1, -0.05) is 55.5 Å². The topological polar surface area (TPSA) is 77.8 Å². The van der Waals surface area contributed by atoms with E-state index in [1.54, 1.807) is 30.3 Å². The van der Waals surface area contributed by atoms with Crippen LogP contribution in [0.25, 0.3) is 17.2 Å². The van der Waals surface area contributed by atoms with E-state index in [-0.39, 0.29) is 11.5 Å². The highest BCUT2D eigenvalue weighted by molar-refractivity contribution is 5.98. The maximum absolute atomic E-state index is 10.7. The molecule has 0 saturated heterocycles. The minimum Gasteiger partial charge on any atom is -0.508 e. The second-order valence-corrected chi connectivity index (χ2v) is 6.59. The monoisotopic (exact) mass is 386 g/mol. The van der Waals surface area contributed by atoms with Crippen LogP contribution in [0.2, 0.25) is 0 Å². The van der Waals surface area contributed by atoms with Crippen LogP contribution in [0, 0.1) is 0 Å². The van der Waals surface area contributed by atoms with E-state index in [0.29, 0.717) is 0 Å². The van der Waals surface area contributed by atoms with Crippen molar-refractivity contribution in [2.45, 2.75) is 13.3 Å². The second-order valence-electron chi connectivity index (χ2n) is 6.59. The van der Waals surface area contributed by atoms with E-state index >= 15 is 0 Å². The molecule has 0 saturated carbocycles. The van der Waals surface area contributed by atoms with Crippen molar-refractivity contribution in [2.24, 2.45) is 0 Å². The lowest BCUT2D eigenvalue weighted by molar-refractivity contribution is -0.131. The van der Waals surface area contributed by atoms with Gasteiger partial charge in [0.15, 0.2) is 0 Å². The lowest BCUT2D eigenvalue weighted by Gasteiger charge is -2.17. The number of aromatic hydroxyl groups is 2. The summed E-state index contributed by atoms with van der Waals surface area (Å²) in [7, 11) is 0.